The number of carbonyl (C=O) groups is 1. The molecule has 0 spiro atoms. The van der Waals surface area contributed by atoms with E-state index in [0.717, 1.165) is 23.4 Å². The number of hydrogen-bond acceptors (Lipinski definition) is 4. The maximum absolute atomic E-state index is 12.0. The zero-order valence-electron chi connectivity index (χ0n) is 12.8. The average molecular weight is 295 g/mol. The highest BCUT2D eigenvalue weighted by Crippen LogP contribution is 2.17. The van der Waals surface area contributed by atoms with Crippen molar-refractivity contribution in [2.45, 2.75) is 26.3 Å². The fraction of sp³-hybridized carbons (Fsp3) is 0.533. The molecule has 1 unspecified atom stereocenters. The van der Waals surface area contributed by atoms with E-state index in [9.17, 15) is 4.79 Å². The minimum atomic E-state index is -0.00435. The Morgan fingerprint density at radius 2 is 2.20 bits per heavy atom. The first kappa shape index (κ1) is 16.9. The molecule has 1 atom stereocenters. The Morgan fingerprint density at radius 3 is 2.75 bits per heavy atom. The highest BCUT2D eigenvalue weighted by atomic mass is 32.2. The minimum Gasteiger partial charge on any atom is -0.398 e. The van der Waals surface area contributed by atoms with Crippen LogP contribution in [0.25, 0.3) is 0 Å². The summed E-state index contributed by atoms with van der Waals surface area (Å²) in [5, 5.41) is 2.89. The SMILES string of the molecule is CCC(CSC)N(C)CC(=O)Nc1ccc(C)c(N)c1. The van der Waals surface area contributed by atoms with Crippen molar-refractivity contribution >= 4 is 29.0 Å². The van der Waals surface area contributed by atoms with E-state index in [2.05, 4.69) is 23.4 Å². The van der Waals surface area contributed by atoms with Crippen LogP contribution in [0.2, 0.25) is 0 Å². The second kappa shape index (κ2) is 8.17. The van der Waals surface area contributed by atoms with Crippen LogP contribution in [0, 0.1) is 6.92 Å². The van der Waals surface area contributed by atoms with E-state index in [-0.39, 0.29) is 5.91 Å². The van der Waals surface area contributed by atoms with Gasteiger partial charge in [-0.15, -0.1) is 0 Å². The lowest BCUT2D eigenvalue weighted by Crippen LogP contribution is -2.39. The number of thioether (sulfide) groups is 1. The van der Waals surface area contributed by atoms with Crippen LogP contribution in [0.3, 0.4) is 0 Å². The summed E-state index contributed by atoms with van der Waals surface area (Å²) in [5.74, 6) is 1.04. The van der Waals surface area contributed by atoms with E-state index in [1.54, 1.807) is 6.07 Å². The molecule has 4 nitrogen and oxygen atoms in total. The third-order valence-electron chi connectivity index (χ3n) is 3.41. The highest BCUT2D eigenvalue weighted by Gasteiger charge is 2.15. The molecule has 0 aliphatic heterocycles. The first-order chi connectivity index (χ1) is 9.47. The summed E-state index contributed by atoms with van der Waals surface area (Å²) in [5.41, 5.74) is 8.32. The molecule has 0 aromatic heterocycles. The summed E-state index contributed by atoms with van der Waals surface area (Å²) in [6.07, 6.45) is 3.13. The molecule has 5 heteroatoms. The molecule has 1 aromatic rings. The molecular weight excluding hydrogens is 270 g/mol. The largest absolute Gasteiger partial charge is 0.398 e. The van der Waals surface area contributed by atoms with E-state index in [1.807, 2.05) is 37.9 Å². The van der Waals surface area contributed by atoms with Crippen LogP contribution >= 0.6 is 11.8 Å². The molecule has 0 heterocycles. The first-order valence-electron chi connectivity index (χ1n) is 6.83. The Kier molecular flexibility index (Phi) is 6.88. The fourth-order valence-electron chi connectivity index (χ4n) is 2.02. The molecule has 112 valence electrons. The van der Waals surface area contributed by atoms with Gasteiger partial charge in [0.05, 0.1) is 6.54 Å². The zero-order valence-corrected chi connectivity index (χ0v) is 13.6. The summed E-state index contributed by atoms with van der Waals surface area (Å²) in [6.45, 7) is 4.49. The number of nitrogens with two attached hydrogens (primary N) is 1. The Hall–Kier alpha value is -1.20. The van der Waals surface area contributed by atoms with Gasteiger partial charge in [0.25, 0.3) is 0 Å². The summed E-state index contributed by atoms with van der Waals surface area (Å²) < 4.78 is 0. The number of carbonyl (C=O) groups excluding carboxylic acids is 1. The number of aryl methyl sites for hydroxylation is 1. The quantitative estimate of drug-likeness (QED) is 0.759. The van der Waals surface area contributed by atoms with Gasteiger partial charge in [0.15, 0.2) is 0 Å². The molecule has 0 aliphatic rings. The van der Waals surface area contributed by atoms with E-state index >= 15 is 0 Å². The topological polar surface area (TPSA) is 58.4 Å². The molecular formula is C15H25N3OS. The highest BCUT2D eigenvalue weighted by molar-refractivity contribution is 7.98. The van der Waals surface area contributed by atoms with Crippen LogP contribution in [0.5, 0.6) is 0 Å². The summed E-state index contributed by atoms with van der Waals surface area (Å²) in [4.78, 5) is 14.1. The van der Waals surface area contributed by atoms with Crippen molar-refractivity contribution in [3.05, 3.63) is 23.8 Å². The lowest BCUT2D eigenvalue weighted by atomic mass is 10.2. The molecule has 0 bridgehead atoms. The number of amides is 1. The molecule has 1 aromatic carbocycles. The number of nitrogens with one attached hydrogen (secondary N) is 1. The Balaban J connectivity index is 2.56. The van der Waals surface area contributed by atoms with Crippen LogP contribution in [0.4, 0.5) is 11.4 Å². The monoisotopic (exact) mass is 295 g/mol. The van der Waals surface area contributed by atoms with Crippen molar-refractivity contribution in [3.8, 4) is 0 Å². The fourth-order valence-corrected chi connectivity index (χ4v) is 2.90. The van der Waals surface area contributed by atoms with Gasteiger partial charge in [-0.1, -0.05) is 13.0 Å². The normalized spacial score (nSPS) is 12.4. The predicted molar refractivity (Wildman–Crippen MR) is 89.3 cm³/mol. The second-order valence-corrected chi connectivity index (χ2v) is 5.96. The second-order valence-electron chi connectivity index (χ2n) is 5.05. The van der Waals surface area contributed by atoms with Gasteiger partial charge in [-0.05, 0) is 44.3 Å². The smallest absolute Gasteiger partial charge is 0.238 e. The zero-order chi connectivity index (χ0) is 15.1. The lowest BCUT2D eigenvalue weighted by molar-refractivity contribution is -0.117. The van der Waals surface area contributed by atoms with Gasteiger partial charge in [0, 0.05) is 23.2 Å². The molecule has 0 saturated heterocycles. The standard InChI is InChI=1S/C15H25N3OS/c1-5-13(10-20-4)18(3)9-15(19)17-12-7-6-11(2)14(16)8-12/h6-8,13H,5,9-10,16H2,1-4H3,(H,17,19). The number of nitrogens with zero attached hydrogens (tertiary/aromatic N) is 1. The summed E-state index contributed by atoms with van der Waals surface area (Å²) in [6, 6.07) is 6.02. The van der Waals surface area contributed by atoms with Crippen molar-refractivity contribution in [2.24, 2.45) is 0 Å². The molecule has 1 amide bonds. The maximum atomic E-state index is 12.0. The molecule has 0 fully saturated rings. The van der Waals surface area contributed by atoms with E-state index < -0.39 is 0 Å². The lowest BCUT2D eigenvalue weighted by Gasteiger charge is -2.25. The predicted octanol–water partition coefficient (Wildman–Crippen LogP) is 2.59. The molecule has 20 heavy (non-hydrogen) atoms. The van der Waals surface area contributed by atoms with E-state index in [1.165, 1.54) is 0 Å². The molecule has 0 saturated carbocycles. The van der Waals surface area contributed by atoms with Crippen molar-refractivity contribution in [1.82, 2.24) is 4.90 Å². The van der Waals surface area contributed by atoms with Crippen molar-refractivity contribution < 1.29 is 4.79 Å². The Morgan fingerprint density at radius 1 is 1.50 bits per heavy atom. The number of rotatable bonds is 7. The van der Waals surface area contributed by atoms with Crippen molar-refractivity contribution in [3.63, 3.8) is 0 Å². The van der Waals surface area contributed by atoms with Gasteiger partial charge in [0.1, 0.15) is 0 Å². The van der Waals surface area contributed by atoms with Gasteiger partial charge in [-0.25, -0.2) is 0 Å². The van der Waals surface area contributed by atoms with Gasteiger partial charge in [-0.3, -0.25) is 9.69 Å². The molecule has 0 aliphatic carbocycles. The Bertz CT molecular complexity index is 451. The van der Waals surface area contributed by atoms with Crippen molar-refractivity contribution in [2.75, 3.05) is 36.7 Å². The minimum absolute atomic E-state index is 0.00435. The van der Waals surface area contributed by atoms with Gasteiger partial charge in [-0.2, -0.15) is 11.8 Å². The van der Waals surface area contributed by atoms with Gasteiger partial charge in [0.2, 0.25) is 5.91 Å². The van der Waals surface area contributed by atoms with Crippen LogP contribution in [0.1, 0.15) is 18.9 Å². The van der Waals surface area contributed by atoms with Crippen LogP contribution < -0.4 is 11.1 Å². The number of likely N-dealkylation sites (N-methyl/N-ethyl adjacent to an activating group) is 1. The van der Waals surface area contributed by atoms with E-state index in [4.69, 9.17) is 5.73 Å². The van der Waals surface area contributed by atoms with Crippen molar-refractivity contribution in [1.29, 1.82) is 0 Å². The van der Waals surface area contributed by atoms with Gasteiger partial charge < -0.3 is 11.1 Å². The maximum Gasteiger partial charge on any atom is 0.238 e. The molecule has 1 rings (SSSR count). The van der Waals surface area contributed by atoms with Gasteiger partial charge >= 0.3 is 0 Å². The third-order valence-corrected chi connectivity index (χ3v) is 4.13. The van der Waals surface area contributed by atoms with E-state index in [0.29, 0.717) is 18.3 Å². The number of anilines is 2. The summed E-state index contributed by atoms with van der Waals surface area (Å²) >= 11 is 1.81. The number of nitrogen functional groups attached to an aromatic ring is 1. The molecule has 3 N–H and O–H groups in total. The summed E-state index contributed by atoms with van der Waals surface area (Å²) in [7, 11) is 1.99. The third kappa shape index (κ3) is 5.06. The van der Waals surface area contributed by atoms with Crippen LogP contribution in [-0.2, 0) is 4.79 Å². The Labute approximate surface area is 126 Å². The number of benzene rings is 1. The van der Waals surface area contributed by atoms with Crippen LogP contribution in [-0.4, -0.2) is 42.4 Å². The van der Waals surface area contributed by atoms with Crippen LogP contribution in [0.15, 0.2) is 18.2 Å². The molecule has 0 radical (unpaired) electrons. The average Bonchev–Trinajstić information content (AvgIpc) is 2.40. The first-order valence-corrected chi connectivity index (χ1v) is 8.22. The number of hydrogen-bond donors (Lipinski definition) is 2.